The van der Waals surface area contributed by atoms with Crippen molar-refractivity contribution in [3.63, 3.8) is 0 Å². The molecule has 0 radical (unpaired) electrons. The van der Waals surface area contributed by atoms with Gasteiger partial charge >= 0.3 is 0 Å². The smallest absolute Gasteiger partial charge is 0.279 e. The highest BCUT2D eigenvalue weighted by Gasteiger charge is 2.22. The number of rotatable bonds is 10. The Morgan fingerprint density at radius 1 is 1.40 bits per heavy atom. The zero-order chi connectivity index (χ0) is 20.9. The maximum absolute atomic E-state index is 6.34. The van der Waals surface area contributed by atoms with Crippen LogP contribution in [0, 0.1) is 12.8 Å². The van der Waals surface area contributed by atoms with Crippen molar-refractivity contribution in [2.45, 2.75) is 25.8 Å². The van der Waals surface area contributed by atoms with Crippen molar-refractivity contribution in [3.05, 3.63) is 64.8 Å². The molecule has 1 N–H and O–H groups in total. The maximum atomic E-state index is 6.34. The summed E-state index contributed by atoms with van der Waals surface area (Å²) in [5.74, 6) is 2.59. The van der Waals surface area contributed by atoms with Crippen LogP contribution in [0.5, 0.6) is 16.7 Å². The van der Waals surface area contributed by atoms with E-state index in [4.69, 9.17) is 25.6 Å². The van der Waals surface area contributed by atoms with Crippen LogP contribution in [0.25, 0.3) is 6.08 Å². The second-order valence-corrected chi connectivity index (χ2v) is 8.51. The van der Waals surface area contributed by atoms with Gasteiger partial charge in [-0.2, -0.15) is 0 Å². The number of hydrogen-bond donors (Lipinski definition) is 1. The Kier molecular flexibility index (Phi) is 6.40. The summed E-state index contributed by atoms with van der Waals surface area (Å²) in [5, 5.41) is 8.06. The molecule has 0 amide bonds. The Labute approximate surface area is 184 Å². The van der Waals surface area contributed by atoms with Crippen LogP contribution >= 0.6 is 22.9 Å². The molecule has 1 aliphatic rings. The summed E-state index contributed by atoms with van der Waals surface area (Å²) in [7, 11) is 0. The summed E-state index contributed by atoms with van der Waals surface area (Å²) >= 11 is 7.76. The zero-order valence-corrected chi connectivity index (χ0v) is 18.1. The molecule has 30 heavy (non-hydrogen) atoms. The standard InChI is InChI=1S/C22H22ClN3O3S/c1-3-16(25-21-10-14(2)26-29-21)6-8-18-12-24-22(30-18)28-20-9-7-17(11-19(20)23)27-13-15-4-5-15/h3,6-12,15-16,25H,1,4-5,13H2,2H3/b8-6+/t16-/m0/s1. The first-order valence-electron chi connectivity index (χ1n) is 9.65. The molecular formula is C22H22ClN3O3S. The summed E-state index contributed by atoms with van der Waals surface area (Å²) < 4.78 is 16.8. The Bertz CT molecular complexity index is 1040. The molecule has 8 heteroatoms. The number of aryl methyl sites for hydroxylation is 1. The molecule has 3 aromatic rings. The number of benzene rings is 1. The first-order valence-corrected chi connectivity index (χ1v) is 10.8. The van der Waals surface area contributed by atoms with Crippen LogP contribution in [-0.2, 0) is 0 Å². The molecule has 1 fully saturated rings. The van der Waals surface area contributed by atoms with Gasteiger partial charge in [-0.05, 0) is 43.9 Å². The van der Waals surface area contributed by atoms with Crippen molar-refractivity contribution >= 4 is 34.9 Å². The van der Waals surface area contributed by atoms with Gasteiger partial charge in [-0.15, -0.1) is 6.58 Å². The third-order valence-electron chi connectivity index (χ3n) is 4.44. The first-order chi connectivity index (χ1) is 14.6. The van der Waals surface area contributed by atoms with E-state index in [2.05, 4.69) is 22.0 Å². The van der Waals surface area contributed by atoms with E-state index in [1.54, 1.807) is 24.4 Å². The normalized spacial score (nSPS) is 14.6. The van der Waals surface area contributed by atoms with Gasteiger partial charge in [0.2, 0.25) is 5.88 Å². The van der Waals surface area contributed by atoms with Crippen LogP contribution in [0.15, 0.2) is 53.7 Å². The van der Waals surface area contributed by atoms with Crippen molar-refractivity contribution in [3.8, 4) is 16.7 Å². The highest BCUT2D eigenvalue weighted by atomic mass is 35.5. The molecule has 2 aromatic heterocycles. The zero-order valence-electron chi connectivity index (χ0n) is 16.5. The highest BCUT2D eigenvalue weighted by molar-refractivity contribution is 7.14. The number of nitrogens with one attached hydrogen (secondary N) is 1. The van der Waals surface area contributed by atoms with Crippen LogP contribution in [0.1, 0.15) is 23.4 Å². The lowest BCUT2D eigenvalue weighted by atomic mass is 10.2. The van der Waals surface area contributed by atoms with E-state index in [0.717, 1.165) is 22.9 Å². The van der Waals surface area contributed by atoms with Gasteiger partial charge in [-0.3, -0.25) is 0 Å². The topological polar surface area (TPSA) is 69.4 Å². The molecule has 1 saturated carbocycles. The minimum absolute atomic E-state index is 0.110. The lowest BCUT2D eigenvalue weighted by Crippen LogP contribution is -2.12. The maximum Gasteiger partial charge on any atom is 0.279 e. The first kappa shape index (κ1) is 20.5. The van der Waals surface area contributed by atoms with Gasteiger partial charge < -0.3 is 19.3 Å². The van der Waals surface area contributed by atoms with Crippen LogP contribution in [0.2, 0.25) is 5.02 Å². The summed E-state index contributed by atoms with van der Waals surface area (Å²) in [4.78, 5) is 5.25. The predicted molar refractivity (Wildman–Crippen MR) is 120 cm³/mol. The van der Waals surface area contributed by atoms with Gasteiger partial charge in [0.15, 0.2) is 0 Å². The van der Waals surface area contributed by atoms with Crippen LogP contribution < -0.4 is 14.8 Å². The van der Waals surface area contributed by atoms with Crippen LogP contribution in [-0.4, -0.2) is 22.8 Å². The Balaban J connectivity index is 1.35. The Morgan fingerprint density at radius 2 is 2.27 bits per heavy atom. The molecule has 6 nitrogen and oxygen atoms in total. The second kappa shape index (κ2) is 9.36. The van der Waals surface area contributed by atoms with Gasteiger partial charge in [0.05, 0.1) is 28.2 Å². The number of nitrogens with zero attached hydrogens (tertiary/aromatic N) is 2. The number of ether oxygens (including phenoxy) is 2. The fourth-order valence-corrected chi connectivity index (χ4v) is 3.52. The van der Waals surface area contributed by atoms with Crippen molar-refractivity contribution in [1.82, 2.24) is 10.1 Å². The number of hydrogen-bond acceptors (Lipinski definition) is 7. The molecule has 0 bridgehead atoms. The molecular weight excluding hydrogens is 422 g/mol. The van der Waals surface area contributed by atoms with Gasteiger partial charge in [0.25, 0.3) is 5.19 Å². The van der Waals surface area contributed by atoms with Crippen molar-refractivity contribution in [1.29, 1.82) is 0 Å². The fourth-order valence-electron chi connectivity index (χ4n) is 2.62. The van der Waals surface area contributed by atoms with Gasteiger partial charge in [-0.25, -0.2) is 4.98 Å². The molecule has 0 unspecified atom stereocenters. The summed E-state index contributed by atoms with van der Waals surface area (Å²) in [6.07, 6.45) is 9.93. The van der Waals surface area contributed by atoms with E-state index >= 15 is 0 Å². The quantitative estimate of drug-likeness (QED) is 0.368. The molecule has 0 saturated heterocycles. The summed E-state index contributed by atoms with van der Waals surface area (Å²) in [6.45, 7) is 6.46. The van der Waals surface area contributed by atoms with E-state index in [-0.39, 0.29) is 6.04 Å². The highest BCUT2D eigenvalue weighted by Crippen LogP contribution is 2.35. The third kappa shape index (κ3) is 5.64. The van der Waals surface area contributed by atoms with E-state index in [9.17, 15) is 0 Å². The van der Waals surface area contributed by atoms with Crippen LogP contribution in [0.4, 0.5) is 5.88 Å². The number of aromatic nitrogens is 2. The van der Waals surface area contributed by atoms with Gasteiger partial charge in [-0.1, -0.05) is 40.2 Å². The molecule has 156 valence electrons. The lowest BCUT2D eigenvalue weighted by Gasteiger charge is -2.08. The number of thiazole rings is 1. The second-order valence-electron chi connectivity index (χ2n) is 7.07. The average Bonchev–Trinajstić information content (AvgIpc) is 3.32. The Hall–Kier alpha value is -2.77. The molecule has 1 aromatic carbocycles. The van der Waals surface area contributed by atoms with E-state index in [0.29, 0.717) is 27.8 Å². The number of anilines is 1. The average molecular weight is 444 g/mol. The Morgan fingerprint density at radius 3 is 2.97 bits per heavy atom. The number of halogens is 1. The van der Waals surface area contributed by atoms with E-state index < -0.39 is 0 Å². The monoisotopic (exact) mass is 443 g/mol. The van der Waals surface area contributed by atoms with Gasteiger partial charge in [0.1, 0.15) is 11.5 Å². The van der Waals surface area contributed by atoms with Crippen molar-refractivity contribution in [2.24, 2.45) is 5.92 Å². The van der Waals surface area contributed by atoms with E-state index in [1.165, 1.54) is 24.2 Å². The van der Waals surface area contributed by atoms with Crippen molar-refractivity contribution < 1.29 is 14.0 Å². The van der Waals surface area contributed by atoms with Crippen molar-refractivity contribution in [2.75, 3.05) is 11.9 Å². The third-order valence-corrected chi connectivity index (χ3v) is 5.58. The minimum Gasteiger partial charge on any atom is -0.493 e. The molecule has 0 aliphatic heterocycles. The molecule has 4 rings (SSSR count). The molecule has 0 spiro atoms. The molecule has 1 atom stereocenters. The summed E-state index contributed by atoms with van der Waals surface area (Å²) in [6, 6.07) is 7.16. The summed E-state index contributed by atoms with van der Waals surface area (Å²) in [5.41, 5.74) is 0.815. The fraction of sp³-hybridized carbons (Fsp3) is 0.273. The lowest BCUT2D eigenvalue weighted by molar-refractivity contribution is 0.299. The SMILES string of the molecule is C=C[C@@H](/C=C/c1cnc(Oc2ccc(OCC3CC3)cc2Cl)s1)Nc1cc(C)no1. The van der Waals surface area contributed by atoms with E-state index in [1.807, 2.05) is 31.2 Å². The molecule has 1 aliphatic carbocycles. The molecule has 2 heterocycles. The van der Waals surface area contributed by atoms with Gasteiger partial charge in [0, 0.05) is 18.3 Å². The predicted octanol–water partition coefficient (Wildman–Crippen LogP) is 6.35. The largest absolute Gasteiger partial charge is 0.493 e. The van der Waals surface area contributed by atoms with Crippen LogP contribution in [0.3, 0.4) is 0 Å². The minimum atomic E-state index is -0.110.